The van der Waals surface area contributed by atoms with E-state index in [0.717, 1.165) is 12.8 Å². The Labute approximate surface area is 106 Å². The van der Waals surface area contributed by atoms with Gasteiger partial charge in [0.2, 0.25) is 0 Å². The van der Waals surface area contributed by atoms with Crippen molar-refractivity contribution in [2.24, 2.45) is 5.92 Å². The van der Waals surface area contributed by atoms with E-state index in [1.807, 2.05) is 12.1 Å². The molecule has 0 amide bonds. The highest BCUT2D eigenvalue weighted by Gasteiger charge is 2.28. The van der Waals surface area contributed by atoms with Crippen LogP contribution in [-0.2, 0) is 12.8 Å². The Morgan fingerprint density at radius 3 is 2.39 bits per heavy atom. The maximum atomic E-state index is 12.4. The summed E-state index contributed by atoms with van der Waals surface area (Å²) in [5, 5.41) is 0. The summed E-state index contributed by atoms with van der Waals surface area (Å²) < 4.78 is 0. The van der Waals surface area contributed by atoms with Gasteiger partial charge in [0.05, 0.1) is 5.56 Å². The molecule has 1 aliphatic rings. The number of rotatable bonds is 2. The quantitative estimate of drug-likeness (QED) is 0.816. The molecule has 3 nitrogen and oxygen atoms in total. The van der Waals surface area contributed by atoms with Crippen molar-refractivity contribution in [2.75, 3.05) is 5.73 Å². The minimum Gasteiger partial charge on any atom is -0.383 e. The molecule has 1 heterocycles. The number of Topliss-reactive ketones (excluding diaryl/α,β-unsaturated/α-hetero) is 1. The van der Waals surface area contributed by atoms with E-state index in [4.69, 9.17) is 5.73 Å². The van der Waals surface area contributed by atoms with E-state index in [1.165, 1.54) is 11.1 Å². The summed E-state index contributed by atoms with van der Waals surface area (Å²) in [6, 6.07) is 11.7. The summed E-state index contributed by atoms with van der Waals surface area (Å²) in [5.74, 6) is 0.448. The number of nitrogen functional groups attached to an aromatic ring is 1. The molecule has 0 aliphatic heterocycles. The first-order valence-corrected chi connectivity index (χ1v) is 6.07. The number of anilines is 1. The van der Waals surface area contributed by atoms with Crippen LogP contribution in [0.1, 0.15) is 21.5 Å². The molecule has 0 saturated heterocycles. The smallest absolute Gasteiger partial charge is 0.170 e. The van der Waals surface area contributed by atoms with Crippen molar-refractivity contribution in [3.63, 3.8) is 0 Å². The lowest BCUT2D eigenvalue weighted by Gasteiger charge is -2.09. The van der Waals surface area contributed by atoms with Crippen LogP contribution in [0.5, 0.6) is 0 Å². The van der Waals surface area contributed by atoms with Gasteiger partial charge in [-0.05, 0) is 36.1 Å². The lowest BCUT2D eigenvalue weighted by molar-refractivity contribution is 0.0925. The number of benzene rings is 1. The van der Waals surface area contributed by atoms with Crippen LogP contribution < -0.4 is 5.73 Å². The number of carbonyl (C=O) groups is 1. The average Bonchev–Trinajstić information content (AvgIpc) is 2.82. The molecule has 18 heavy (non-hydrogen) atoms. The van der Waals surface area contributed by atoms with Crippen LogP contribution >= 0.6 is 0 Å². The van der Waals surface area contributed by atoms with Gasteiger partial charge in [0, 0.05) is 12.1 Å². The third-order valence-electron chi connectivity index (χ3n) is 3.53. The van der Waals surface area contributed by atoms with Crippen molar-refractivity contribution in [1.29, 1.82) is 0 Å². The Bertz CT molecular complexity index is 582. The first kappa shape index (κ1) is 11.0. The molecular weight excluding hydrogens is 224 g/mol. The number of carbonyl (C=O) groups excluding carboxylic acids is 1. The van der Waals surface area contributed by atoms with E-state index in [2.05, 4.69) is 17.1 Å². The average molecular weight is 238 g/mol. The summed E-state index contributed by atoms with van der Waals surface area (Å²) in [7, 11) is 0. The third-order valence-corrected chi connectivity index (χ3v) is 3.53. The highest BCUT2D eigenvalue weighted by molar-refractivity contribution is 6.02. The van der Waals surface area contributed by atoms with Crippen LogP contribution in [0.3, 0.4) is 0 Å². The van der Waals surface area contributed by atoms with E-state index >= 15 is 0 Å². The topological polar surface area (TPSA) is 56.0 Å². The number of nitrogens with two attached hydrogens (primary N) is 1. The molecule has 2 aromatic rings. The fourth-order valence-electron chi connectivity index (χ4n) is 2.59. The van der Waals surface area contributed by atoms with Crippen molar-refractivity contribution in [3.8, 4) is 0 Å². The molecule has 0 unspecified atom stereocenters. The Kier molecular flexibility index (Phi) is 2.59. The largest absolute Gasteiger partial charge is 0.383 e. The molecule has 0 atom stereocenters. The molecule has 3 heteroatoms. The summed E-state index contributed by atoms with van der Waals surface area (Å²) in [4.78, 5) is 16.4. The lowest BCUT2D eigenvalue weighted by Crippen LogP contribution is -2.17. The molecule has 0 radical (unpaired) electrons. The number of hydrogen-bond donors (Lipinski definition) is 1. The van der Waals surface area contributed by atoms with Gasteiger partial charge in [0.15, 0.2) is 5.78 Å². The lowest BCUT2D eigenvalue weighted by atomic mass is 9.95. The summed E-state index contributed by atoms with van der Waals surface area (Å²) >= 11 is 0. The number of pyridine rings is 1. The second-order valence-corrected chi connectivity index (χ2v) is 4.67. The fourth-order valence-corrected chi connectivity index (χ4v) is 2.59. The molecule has 90 valence electrons. The van der Waals surface area contributed by atoms with Gasteiger partial charge in [-0.25, -0.2) is 4.98 Å². The maximum Gasteiger partial charge on any atom is 0.170 e. The SMILES string of the molecule is Nc1ncccc1C(=O)C1Cc2ccccc2C1. The molecule has 1 aliphatic carbocycles. The van der Waals surface area contributed by atoms with E-state index in [-0.39, 0.29) is 11.7 Å². The van der Waals surface area contributed by atoms with Crippen LogP contribution in [0.15, 0.2) is 42.6 Å². The van der Waals surface area contributed by atoms with Crippen molar-refractivity contribution in [2.45, 2.75) is 12.8 Å². The van der Waals surface area contributed by atoms with Crippen LogP contribution in [-0.4, -0.2) is 10.8 Å². The van der Waals surface area contributed by atoms with Crippen molar-refractivity contribution in [3.05, 3.63) is 59.3 Å². The Morgan fingerprint density at radius 2 is 1.78 bits per heavy atom. The zero-order valence-corrected chi connectivity index (χ0v) is 9.97. The molecule has 2 N–H and O–H groups in total. The van der Waals surface area contributed by atoms with E-state index < -0.39 is 0 Å². The number of aromatic nitrogens is 1. The number of nitrogens with zero attached hydrogens (tertiary/aromatic N) is 1. The van der Waals surface area contributed by atoms with Gasteiger partial charge in [-0.15, -0.1) is 0 Å². The van der Waals surface area contributed by atoms with E-state index in [1.54, 1.807) is 18.3 Å². The minimum absolute atomic E-state index is 0.00824. The minimum atomic E-state index is 0.00824. The van der Waals surface area contributed by atoms with E-state index in [9.17, 15) is 4.79 Å². The Hall–Kier alpha value is -2.16. The number of hydrogen-bond acceptors (Lipinski definition) is 3. The van der Waals surface area contributed by atoms with Crippen LogP contribution in [0.2, 0.25) is 0 Å². The van der Waals surface area contributed by atoms with Gasteiger partial charge in [-0.1, -0.05) is 24.3 Å². The normalized spacial score (nSPS) is 14.4. The number of fused-ring (bicyclic) bond motifs is 1. The summed E-state index contributed by atoms with van der Waals surface area (Å²) in [6.45, 7) is 0. The molecule has 1 aromatic heterocycles. The Morgan fingerprint density at radius 1 is 1.11 bits per heavy atom. The van der Waals surface area contributed by atoms with Gasteiger partial charge in [-0.2, -0.15) is 0 Å². The summed E-state index contributed by atoms with van der Waals surface area (Å²) in [6.07, 6.45) is 3.22. The van der Waals surface area contributed by atoms with Gasteiger partial charge in [0.1, 0.15) is 5.82 Å². The zero-order chi connectivity index (χ0) is 12.5. The highest BCUT2D eigenvalue weighted by atomic mass is 16.1. The second kappa shape index (κ2) is 4.26. The van der Waals surface area contributed by atoms with Crippen molar-refractivity contribution in [1.82, 2.24) is 4.98 Å². The molecular formula is C15H14N2O. The van der Waals surface area contributed by atoms with Crippen molar-refractivity contribution < 1.29 is 4.79 Å². The first-order valence-electron chi connectivity index (χ1n) is 6.07. The monoisotopic (exact) mass is 238 g/mol. The number of ketones is 1. The fraction of sp³-hybridized carbons (Fsp3) is 0.200. The zero-order valence-electron chi connectivity index (χ0n) is 9.97. The molecule has 0 bridgehead atoms. The standard InChI is InChI=1S/C15H14N2O/c16-15-13(6-3-7-17-15)14(18)12-8-10-4-1-2-5-11(10)9-12/h1-7,12H,8-9H2,(H2,16,17). The maximum absolute atomic E-state index is 12.4. The summed E-state index contributed by atoms with van der Waals surface area (Å²) in [5.41, 5.74) is 8.87. The molecule has 1 aromatic carbocycles. The highest BCUT2D eigenvalue weighted by Crippen LogP contribution is 2.29. The predicted octanol–water partition coefficient (Wildman–Crippen LogP) is 2.26. The van der Waals surface area contributed by atoms with Gasteiger partial charge in [-0.3, -0.25) is 4.79 Å². The van der Waals surface area contributed by atoms with Gasteiger partial charge in [0.25, 0.3) is 0 Å². The van der Waals surface area contributed by atoms with E-state index in [0.29, 0.717) is 11.4 Å². The Balaban J connectivity index is 1.87. The van der Waals surface area contributed by atoms with Crippen LogP contribution in [0, 0.1) is 5.92 Å². The first-order chi connectivity index (χ1) is 8.75. The molecule has 3 rings (SSSR count). The van der Waals surface area contributed by atoms with Gasteiger partial charge >= 0.3 is 0 Å². The molecule has 0 saturated carbocycles. The van der Waals surface area contributed by atoms with Crippen molar-refractivity contribution >= 4 is 11.6 Å². The third kappa shape index (κ3) is 1.78. The van der Waals surface area contributed by atoms with Gasteiger partial charge < -0.3 is 5.73 Å². The molecule has 0 fully saturated rings. The second-order valence-electron chi connectivity index (χ2n) is 4.67. The predicted molar refractivity (Wildman–Crippen MR) is 70.3 cm³/mol. The van der Waals surface area contributed by atoms with Crippen LogP contribution in [0.4, 0.5) is 5.82 Å². The van der Waals surface area contributed by atoms with Crippen LogP contribution in [0.25, 0.3) is 0 Å². The molecule has 0 spiro atoms.